The Balaban J connectivity index is 1.84. The molecule has 0 amide bonds. The molecule has 1 aliphatic heterocycles. The number of hydrogen-bond donors (Lipinski definition) is 1. The molecule has 0 spiro atoms. The van der Waals surface area contributed by atoms with E-state index in [0.29, 0.717) is 34.9 Å². The van der Waals surface area contributed by atoms with Crippen LogP contribution >= 0.6 is 0 Å². The van der Waals surface area contributed by atoms with Crippen molar-refractivity contribution in [2.45, 2.75) is 45.1 Å². The highest BCUT2D eigenvalue weighted by molar-refractivity contribution is 5.96. The molecular formula is C29H33NO6. The van der Waals surface area contributed by atoms with Gasteiger partial charge in [-0.05, 0) is 44.5 Å². The number of allylic oxidation sites excluding steroid dienone is 3. The van der Waals surface area contributed by atoms with Crippen molar-refractivity contribution >= 4 is 11.8 Å². The molecule has 2 aromatic rings. The smallest absolute Gasteiger partial charge is 0.336 e. The molecule has 3 atom stereocenters. The number of carbonyl (C=O) groups excluding carboxylic acids is 2. The molecule has 0 bridgehead atoms. The number of Topliss-reactive ketones (excluding diaryl/α,β-unsaturated/α-hetero) is 1. The summed E-state index contributed by atoms with van der Waals surface area (Å²) in [6.07, 6.45) is 2.32. The number of hydrogen-bond acceptors (Lipinski definition) is 7. The van der Waals surface area contributed by atoms with Gasteiger partial charge in [0.25, 0.3) is 0 Å². The van der Waals surface area contributed by atoms with Crippen LogP contribution in [0.2, 0.25) is 0 Å². The number of carbonyl (C=O) groups is 2. The van der Waals surface area contributed by atoms with Crippen molar-refractivity contribution in [2.75, 3.05) is 21.3 Å². The van der Waals surface area contributed by atoms with E-state index < -0.39 is 17.8 Å². The van der Waals surface area contributed by atoms with Gasteiger partial charge >= 0.3 is 5.97 Å². The van der Waals surface area contributed by atoms with E-state index in [0.717, 1.165) is 16.8 Å². The average molecular weight is 492 g/mol. The van der Waals surface area contributed by atoms with E-state index in [1.807, 2.05) is 63.2 Å². The van der Waals surface area contributed by atoms with Crippen LogP contribution in [0.1, 0.15) is 50.2 Å². The Labute approximate surface area is 212 Å². The van der Waals surface area contributed by atoms with Crippen molar-refractivity contribution in [3.05, 3.63) is 76.6 Å². The van der Waals surface area contributed by atoms with Gasteiger partial charge in [-0.25, -0.2) is 4.79 Å². The normalized spacial score (nSPS) is 21.4. The molecule has 190 valence electrons. The van der Waals surface area contributed by atoms with E-state index in [-0.39, 0.29) is 17.8 Å². The number of esters is 1. The van der Waals surface area contributed by atoms with Crippen LogP contribution in [-0.2, 0) is 14.3 Å². The number of rotatable bonds is 7. The molecular weight excluding hydrogens is 458 g/mol. The van der Waals surface area contributed by atoms with Crippen LogP contribution in [0.5, 0.6) is 17.2 Å². The largest absolute Gasteiger partial charge is 0.493 e. The first-order valence-electron chi connectivity index (χ1n) is 12.1. The molecule has 0 saturated heterocycles. The highest BCUT2D eigenvalue weighted by Crippen LogP contribution is 2.48. The van der Waals surface area contributed by atoms with Crippen LogP contribution < -0.4 is 19.5 Å². The van der Waals surface area contributed by atoms with Gasteiger partial charge in [0.15, 0.2) is 11.5 Å². The van der Waals surface area contributed by atoms with Crippen molar-refractivity contribution in [2.24, 2.45) is 5.92 Å². The van der Waals surface area contributed by atoms with Crippen LogP contribution in [0.15, 0.2) is 65.5 Å². The summed E-state index contributed by atoms with van der Waals surface area (Å²) in [6.45, 7) is 5.74. The summed E-state index contributed by atoms with van der Waals surface area (Å²) >= 11 is 0. The topological polar surface area (TPSA) is 83.1 Å². The van der Waals surface area contributed by atoms with Gasteiger partial charge in [-0.2, -0.15) is 0 Å². The van der Waals surface area contributed by atoms with E-state index in [1.165, 1.54) is 7.11 Å². The molecule has 7 nitrogen and oxygen atoms in total. The molecule has 1 aliphatic carbocycles. The van der Waals surface area contributed by atoms with Gasteiger partial charge < -0.3 is 24.3 Å². The second kappa shape index (κ2) is 10.5. The van der Waals surface area contributed by atoms with Crippen LogP contribution in [0.3, 0.4) is 0 Å². The van der Waals surface area contributed by atoms with Gasteiger partial charge in [0.2, 0.25) is 0 Å². The predicted octanol–water partition coefficient (Wildman–Crippen LogP) is 4.88. The molecule has 0 fully saturated rings. The van der Waals surface area contributed by atoms with E-state index in [9.17, 15) is 9.59 Å². The number of nitrogens with one attached hydrogen (secondary N) is 1. The quantitative estimate of drug-likeness (QED) is 0.553. The van der Waals surface area contributed by atoms with Gasteiger partial charge in [-0.15, -0.1) is 0 Å². The SMILES string of the molecule is COC(=O)C1=C(C)NC2=CC(c3ccc(OC)c(OC)c3)CC(=O)C2C1c1ccccc1OC(C)C. The van der Waals surface area contributed by atoms with Crippen molar-refractivity contribution in [1.82, 2.24) is 5.32 Å². The Morgan fingerprint density at radius 3 is 2.36 bits per heavy atom. The van der Waals surface area contributed by atoms with Gasteiger partial charge in [0.1, 0.15) is 11.5 Å². The Morgan fingerprint density at radius 2 is 1.69 bits per heavy atom. The first-order valence-corrected chi connectivity index (χ1v) is 12.1. The zero-order valence-electron chi connectivity index (χ0n) is 21.6. The summed E-state index contributed by atoms with van der Waals surface area (Å²) in [6, 6.07) is 13.3. The zero-order valence-corrected chi connectivity index (χ0v) is 21.6. The average Bonchev–Trinajstić information content (AvgIpc) is 2.86. The summed E-state index contributed by atoms with van der Waals surface area (Å²) in [5.41, 5.74) is 3.63. The lowest BCUT2D eigenvalue weighted by atomic mass is 9.68. The van der Waals surface area contributed by atoms with E-state index in [1.54, 1.807) is 14.2 Å². The minimum atomic E-state index is -0.559. The minimum Gasteiger partial charge on any atom is -0.493 e. The summed E-state index contributed by atoms with van der Waals surface area (Å²) in [7, 11) is 4.54. The number of benzene rings is 2. The fraction of sp³-hybridized carbons (Fsp3) is 0.379. The number of fused-ring (bicyclic) bond motifs is 1. The first kappa shape index (κ1) is 25.4. The molecule has 1 N–H and O–H groups in total. The maximum Gasteiger partial charge on any atom is 0.336 e. The van der Waals surface area contributed by atoms with E-state index >= 15 is 0 Å². The van der Waals surface area contributed by atoms with E-state index in [2.05, 4.69) is 11.4 Å². The number of ketones is 1. The lowest BCUT2D eigenvalue weighted by molar-refractivity contribution is -0.136. The molecule has 0 saturated carbocycles. The third kappa shape index (κ3) is 4.70. The molecule has 0 aromatic heterocycles. The van der Waals surface area contributed by atoms with Crippen molar-refractivity contribution in [1.29, 1.82) is 0 Å². The van der Waals surface area contributed by atoms with Crippen LogP contribution in [0.25, 0.3) is 0 Å². The third-order valence-electron chi connectivity index (χ3n) is 6.72. The highest BCUT2D eigenvalue weighted by atomic mass is 16.5. The summed E-state index contributed by atoms with van der Waals surface area (Å²) in [5, 5.41) is 3.35. The molecule has 3 unspecified atom stereocenters. The van der Waals surface area contributed by atoms with Crippen LogP contribution in [0.4, 0.5) is 0 Å². The summed E-state index contributed by atoms with van der Waals surface area (Å²) in [5.74, 6) is 0.245. The van der Waals surface area contributed by atoms with Crippen LogP contribution in [0, 0.1) is 5.92 Å². The summed E-state index contributed by atoms with van der Waals surface area (Å²) < 4.78 is 22.1. The zero-order chi connectivity index (χ0) is 26.0. The van der Waals surface area contributed by atoms with E-state index in [4.69, 9.17) is 18.9 Å². The van der Waals surface area contributed by atoms with Crippen molar-refractivity contribution < 1.29 is 28.5 Å². The van der Waals surface area contributed by atoms with Gasteiger partial charge in [-0.3, -0.25) is 4.79 Å². The molecule has 1 heterocycles. The standard InChI is InChI=1S/C29H33NO6/c1-16(2)36-23-10-8-7-9-20(23)27-26(29(32)35-6)17(3)30-21-13-19(14-22(31)28(21)27)18-11-12-24(33-4)25(15-18)34-5/h7-13,15-16,19,27-28,30H,14H2,1-6H3. The van der Waals surface area contributed by atoms with Crippen molar-refractivity contribution in [3.8, 4) is 17.2 Å². The van der Waals surface area contributed by atoms with Gasteiger partial charge in [0.05, 0.1) is 38.9 Å². The van der Waals surface area contributed by atoms with Crippen LogP contribution in [-0.4, -0.2) is 39.2 Å². The molecule has 2 aromatic carbocycles. The Hall–Kier alpha value is -3.74. The Morgan fingerprint density at radius 1 is 0.972 bits per heavy atom. The number of ether oxygens (including phenoxy) is 4. The molecule has 7 heteroatoms. The second-order valence-corrected chi connectivity index (χ2v) is 9.33. The molecule has 0 radical (unpaired) electrons. The summed E-state index contributed by atoms with van der Waals surface area (Å²) in [4.78, 5) is 26.8. The first-order chi connectivity index (χ1) is 17.3. The second-order valence-electron chi connectivity index (χ2n) is 9.33. The van der Waals surface area contributed by atoms with Gasteiger partial charge in [-0.1, -0.05) is 30.3 Å². The monoisotopic (exact) mass is 491 g/mol. The highest BCUT2D eigenvalue weighted by Gasteiger charge is 2.46. The predicted molar refractivity (Wildman–Crippen MR) is 136 cm³/mol. The third-order valence-corrected chi connectivity index (χ3v) is 6.72. The van der Waals surface area contributed by atoms with Gasteiger partial charge in [0, 0.05) is 35.2 Å². The fourth-order valence-electron chi connectivity index (χ4n) is 5.19. The minimum absolute atomic E-state index is 0.0398. The molecule has 2 aliphatic rings. The number of methoxy groups -OCH3 is 3. The Bertz CT molecular complexity index is 1230. The van der Waals surface area contributed by atoms with Crippen molar-refractivity contribution in [3.63, 3.8) is 0 Å². The Kier molecular flexibility index (Phi) is 7.38. The molecule has 36 heavy (non-hydrogen) atoms. The maximum atomic E-state index is 13.8. The number of para-hydroxylation sites is 1. The lowest BCUT2D eigenvalue weighted by Crippen LogP contribution is -2.42. The molecule has 4 rings (SSSR count). The lowest BCUT2D eigenvalue weighted by Gasteiger charge is -2.40. The fourth-order valence-corrected chi connectivity index (χ4v) is 5.19. The maximum absolute atomic E-state index is 13.8.